The molecule has 0 radical (unpaired) electrons. The Morgan fingerprint density at radius 3 is 2.50 bits per heavy atom. The summed E-state index contributed by atoms with van der Waals surface area (Å²) in [5, 5.41) is 10.8. The molecular formula is C15H13NO2. The number of rotatable bonds is 3. The van der Waals surface area contributed by atoms with E-state index in [1.54, 1.807) is 6.07 Å². The minimum Gasteiger partial charge on any atom is -0.492 e. The van der Waals surface area contributed by atoms with Crippen molar-refractivity contribution in [3.8, 4) is 5.88 Å². The van der Waals surface area contributed by atoms with Crippen molar-refractivity contribution in [3.05, 3.63) is 66.2 Å². The number of benzene rings is 2. The predicted octanol–water partition coefficient (Wildman–Crippen LogP) is 2.98. The van der Waals surface area contributed by atoms with Gasteiger partial charge in [-0.15, -0.1) is 4.73 Å². The molecule has 1 aromatic heterocycles. The van der Waals surface area contributed by atoms with Crippen LogP contribution in [0.4, 0.5) is 0 Å². The van der Waals surface area contributed by atoms with Gasteiger partial charge in [0.05, 0.1) is 5.52 Å². The van der Waals surface area contributed by atoms with E-state index < -0.39 is 0 Å². The molecule has 0 saturated heterocycles. The number of nitrogens with zero attached hydrogens (tertiary/aromatic N) is 1. The van der Waals surface area contributed by atoms with Crippen LogP contribution in [0, 0.1) is 0 Å². The zero-order valence-corrected chi connectivity index (χ0v) is 9.78. The molecule has 3 heteroatoms. The SMILES string of the molecule is Oc1cc2ccccc2n1OCc1ccccc1. The highest BCUT2D eigenvalue weighted by Crippen LogP contribution is 2.23. The molecule has 0 aliphatic carbocycles. The van der Waals surface area contributed by atoms with Crippen molar-refractivity contribution in [3.63, 3.8) is 0 Å². The lowest BCUT2D eigenvalue weighted by Crippen LogP contribution is -2.10. The summed E-state index contributed by atoms with van der Waals surface area (Å²) in [6.07, 6.45) is 0. The van der Waals surface area contributed by atoms with E-state index in [9.17, 15) is 5.11 Å². The van der Waals surface area contributed by atoms with Gasteiger partial charge in [0.15, 0.2) is 0 Å². The average molecular weight is 239 g/mol. The molecule has 18 heavy (non-hydrogen) atoms. The van der Waals surface area contributed by atoms with E-state index >= 15 is 0 Å². The maximum absolute atomic E-state index is 9.85. The van der Waals surface area contributed by atoms with E-state index in [1.807, 2.05) is 54.6 Å². The van der Waals surface area contributed by atoms with Crippen LogP contribution in [-0.4, -0.2) is 9.84 Å². The summed E-state index contributed by atoms with van der Waals surface area (Å²) in [4.78, 5) is 5.64. The Morgan fingerprint density at radius 2 is 1.67 bits per heavy atom. The molecule has 0 aliphatic rings. The fourth-order valence-corrected chi connectivity index (χ4v) is 1.96. The smallest absolute Gasteiger partial charge is 0.226 e. The van der Waals surface area contributed by atoms with Gasteiger partial charge in [-0.1, -0.05) is 48.5 Å². The molecule has 1 heterocycles. The topological polar surface area (TPSA) is 34.4 Å². The minimum atomic E-state index is 0.118. The van der Waals surface area contributed by atoms with Crippen molar-refractivity contribution < 1.29 is 9.94 Å². The van der Waals surface area contributed by atoms with Crippen molar-refractivity contribution in [1.82, 2.24) is 4.73 Å². The number of aromatic nitrogens is 1. The predicted molar refractivity (Wildman–Crippen MR) is 70.3 cm³/mol. The first-order valence-electron chi connectivity index (χ1n) is 5.81. The second-order valence-corrected chi connectivity index (χ2v) is 4.11. The van der Waals surface area contributed by atoms with Crippen LogP contribution in [0.15, 0.2) is 60.7 Å². The largest absolute Gasteiger partial charge is 0.492 e. The third kappa shape index (κ3) is 1.91. The molecule has 0 saturated carbocycles. The highest BCUT2D eigenvalue weighted by atomic mass is 16.7. The van der Waals surface area contributed by atoms with E-state index in [-0.39, 0.29) is 5.88 Å². The number of hydrogen-bond acceptors (Lipinski definition) is 2. The standard InChI is InChI=1S/C15H13NO2/c17-15-10-13-8-4-5-9-14(13)16(15)18-11-12-6-2-1-3-7-12/h1-10,17H,11H2. The van der Waals surface area contributed by atoms with Gasteiger partial charge in [-0.25, -0.2) is 0 Å². The van der Waals surface area contributed by atoms with Crippen LogP contribution in [0.5, 0.6) is 5.88 Å². The van der Waals surface area contributed by atoms with E-state index in [2.05, 4.69) is 0 Å². The molecule has 0 spiro atoms. The lowest BCUT2D eigenvalue weighted by molar-refractivity contribution is 0.0894. The Hall–Kier alpha value is -2.42. The molecular weight excluding hydrogens is 226 g/mol. The fraction of sp³-hybridized carbons (Fsp3) is 0.0667. The summed E-state index contributed by atoms with van der Waals surface area (Å²) < 4.78 is 1.46. The Kier molecular flexibility index (Phi) is 2.65. The molecule has 1 N–H and O–H groups in total. The summed E-state index contributed by atoms with van der Waals surface area (Å²) in [6.45, 7) is 0.424. The third-order valence-electron chi connectivity index (χ3n) is 2.85. The van der Waals surface area contributed by atoms with Crippen LogP contribution >= 0.6 is 0 Å². The monoisotopic (exact) mass is 239 g/mol. The van der Waals surface area contributed by atoms with Gasteiger partial charge in [-0.05, 0) is 11.6 Å². The van der Waals surface area contributed by atoms with Gasteiger partial charge < -0.3 is 9.94 Å². The molecule has 3 rings (SSSR count). The van der Waals surface area contributed by atoms with Crippen LogP contribution in [-0.2, 0) is 6.61 Å². The van der Waals surface area contributed by atoms with Gasteiger partial charge in [0.1, 0.15) is 6.61 Å². The summed E-state index contributed by atoms with van der Waals surface area (Å²) in [6, 6.07) is 19.3. The zero-order valence-electron chi connectivity index (χ0n) is 9.78. The van der Waals surface area contributed by atoms with Gasteiger partial charge in [0.25, 0.3) is 0 Å². The summed E-state index contributed by atoms with van der Waals surface area (Å²) in [7, 11) is 0. The lowest BCUT2D eigenvalue weighted by atomic mass is 10.2. The highest BCUT2D eigenvalue weighted by Gasteiger charge is 2.07. The minimum absolute atomic E-state index is 0.118. The number of hydrogen-bond donors (Lipinski definition) is 1. The first-order chi connectivity index (χ1) is 8.84. The normalized spacial score (nSPS) is 10.7. The Labute approximate surface area is 105 Å². The molecule has 0 atom stereocenters. The van der Waals surface area contributed by atoms with Gasteiger partial charge in [-0.3, -0.25) is 0 Å². The summed E-state index contributed by atoms with van der Waals surface area (Å²) >= 11 is 0. The third-order valence-corrected chi connectivity index (χ3v) is 2.85. The molecule has 0 amide bonds. The maximum Gasteiger partial charge on any atom is 0.226 e. The molecule has 0 unspecified atom stereocenters. The summed E-state index contributed by atoms with van der Waals surface area (Å²) in [5.74, 6) is 0.118. The molecule has 90 valence electrons. The highest BCUT2D eigenvalue weighted by molar-refractivity contribution is 5.81. The number of aromatic hydroxyl groups is 1. The second kappa shape index (κ2) is 4.45. The second-order valence-electron chi connectivity index (χ2n) is 4.11. The molecule has 3 nitrogen and oxygen atoms in total. The zero-order chi connectivity index (χ0) is 12.4. The Morgan fingerprint density at radius 1 is 0.944 bits per heavy atom. The quantitative estimate of drug-likeness (QED) is 0.762. The van der Waals surface area contributed by atoms with Crippen LogP contribution in [0.2, 0.25) is 0 Å². The van der Waals surface area contributed by atoms with Crippen molar-refractivity contribution in [1.29, 1.82) is 0 Å². The maximum atomic E-state index is 9.85. The molecule has 3 aromatic rings. The summed E-state index contributed by atoms with van der Waals surface area (Å²) in [5.41, 5.74) is 1.93. The van der Waals surface area contributed by atoms with Crippen molar-refractivity contribution in [2.45, 2.75) is 6.61 Å². The average Bonchev–Trinajstić information content (AvgIpc) is 2.73. The molecule has 0 aliphatic heterocycles. The van der Waals surface area contributed by atoms with Gasteiger partial charge in [0.2, 0.25) is 5.88 Å². The van der Waals surface area contributed by atoms with Crippen LogP contribution in [0.1, 0.15) is 5.56 Å². The van der Waals surface area contributed by atoms with Crippen molar-refractivity contribution in [2.24, 2.45) is 0 Å². The van der Waals surface area contributed by atoms with Gasteiger partial charge in [0, 0.05) is 11.5 Å². The number of para-hydroxylation sites is 1. The van der Waals surface area contributed by atoms with E-state index in [4.69, 9.17) is 4.84 Å². The molecule has 0 fully saturated rings. The molecule has 0 bridgehead atoms. The van der Waals surface area contributed by atoms with Gasteiger partial charge in [-0.2, -0.15) is 0 Å². The fourth-order valence-electron chi connectivity index (χ4n) is 1.96. The Balaban J connectivity index is 1.89. The van der Waals surface area contributed by atoms with E-state index in [1.165, 1.54) is 4.73 Å². The first-order valence-corrected chi connectivity index (χ1v) is 5.81. The van der Waals surface area contributed by atoms with E-state index in [0.29, 0.717) is 6.61 Å². The van der Waals surface area contributed by atoms with Crippen LogP contribution in [0.3, 0.4) is 0 Å². The van der Waals surface area contributed by atoms with Crippen LogP contribution in [0.25, 0.3) is 10.9 Å². The number of fused-ring (bicyclic) bond motifs is 1. The van der Waals surface area contributed by atoms with Gasteiger partial charge >= 0.3 is 0 Å². The Bertz CT molecular complexity index is 659. The van der Waals surface area contributed by atoms with E-state index in [0.717, 1.165) is 16.5 Å². The molecule has 2 aromatic carbocycles. The first kappa shape index (κ1) is 10.7. The van der Waals surface area contributed by atoms with Crippen molar-refractivity contribution >= 4 is 10.9 Å². The van der Waals surface area contributed by atoms with Crippen molar-refractivity contribution in [2.75, 3.05) is 0 Å². The van der Waals surface area contributed by atoms with Crippen LogP contribution < -0.4 is 4.84 Å². The lowest BCUT2D eigenvalue weighted by Gasteiger charge is -2.09.